The first-order valence-electron chi connectivity index (χ1n) is 3.94. The molecule has 1 aliphatic rings. The van der Waals surface area contributed by atoms with E-state index in [1.54, 1.807) is 24.3 Å². The molecule has 1 fully saturated rings. The van der Waals surface area contributed by atoms with Crippen LogP contribution in [0.15, 0.2) is 28.7 Å². The average Bonchev–Trinajstić information content (AvgIpc) is 2.49. The van der Waals surface area contributed by atoms with E-state index < -0.39 is 0 Å². The van der Waals surface area contributed by atoms with Gasteiger partial charge >= 0.3 is 0 Å². The summed E-state index contributed by atoms with van der Waals surface area (Å²) in [4.78, 5) is 23.9. The van der Waals surface area contributed by atoms with Crippen LogP contribution in [0.5, 0.6) is 0 Å². The molecule has 0 aromatic heterocycles. The van der Waals surface area contributed by atoms with Crippen LogP contribution in [-0.2, 0) is 4.79 Å². The second-order valence-electron chi connectivity index (χ2n) is 2.76. The molecule has 0 unspecified atom stereocenters. The van der Waals surface area contributed by atoms with Gasteiger partial charge in [-0.1, -0.05) is 27.7 Å². The maximum atomic E-state index is 11.3. The normalized spacial score (nSPS) is 16.5. The van der Waals surface area contributed by atoms with E-state index in [2.05, 4.69) is 15.9 Å². The summed E-state index contributed by atoms with van der Waals surface area (Å²) in [5.74, 6) is 0.0943. The van der Waals surface area contributed by atoms with Crippen molar-refractivity contribution >= 4 is 44.5 Å². The Balaban J connectivity index is 2.34. The number of anilines is 1. The van der Waals surface area contributed by atoms with Crippen molar-refractivity contribution in [2.24, 2.45) is 0 Å². The summed E-state index contributed by atoms with van der Waals surface area (Å²) < 4.78 is 0.924. The fourth-order valence-corrected chi connectivity index (χ4v) is 2.17. The molecule has 1 heterocycles. The Labute approximate surface area is 93.6 Å². The highest BCUT2D eigenvalue weighted by Gasteiger charge is 2.30. The van der Waals surface area contributed by atoms with E-state index >= 15 is 0 Å². The molecule has 0 spiro atoms. The van der Waals surface area contributed by atoms with Crippen molar-refractivity contribution in [3.05, 3.63) is 28.7 Å². The van der Waals surface area contributed by atoms with Gasteiger partial charge in [-0.05, 0) is 24.3 Å². The molecule has 0 N–H and O–H groups in total. The summed E-state index contributed by atoms with van der Waals surface area (Å²) >= 11 is 4.33. The number of benzene rings is 1. The second kappa shape index (κ2) is 3.74. The molecule has 2 rings (SSSR count). The van der Waals surface area contributed by atoms with E-state index in [9.17, 15) is 9.59 Å². The lowest BCUT2D eigenvalue weighted by Gasteiger charge is -2.12. The minimum atomic E-state index is -0.197. The number of nitrogens with zero attached hydrogens (tertiary/aromatic N) is 1. The Morgan fingerprint density at radius 1 is 1.21 bits per heavy atom. The standard InChI is InChI=1S/C9H6BrNO2S/c10-6-1-3-7(4-2-6)11-8(12)5-14-9(11)13/h1-4H,5H2. The maximum Gasteiger partial charge on any atom is 0.293 e. The number of rotatable bonds is 1. The third-order valence-corrected chi connectivity index (χ3v) is 3.19. The van der Waals surface area contributed by atoms with Crippen LogP contribution in [0.2, 0.25) is 0 Å². The van der Waals surface area contributed by atoms with Gasteiger partial charge in [-0.15, -0.1) is 0 Å². The molecule has 1 aromatic carbocycles. The predicted molar refractivity (Wildman–Crippen MR) is 59.5 cm³/mol. The van der Waals surface area contributed by atoms with Crippen LogP contribution in [0, 0.1) is 0 Å². The first-order valence-corrected chi connectivity index (χ1v) is 5.71. The maximum absolute atomic E-state index is 11.3. The number of amides is 2. The molecular formula is C9H6BrNO2S. The van der Waals surface area contributed by atoms with Crippen LogP contribution in [0.4, 0.5) is 10.5 Å². The SMILES string of the molecule is O=C1CSC(=O)N1c1ccc(Br)cc1. The summed E-state index contributed by atoms with van der Waals surface area (Å²) in [6.07, 6.45) is 0. The molecule has 72 valence electrons. The molecule has 0 bridgehead atoms. The number of carbonyl (C=O) groups excluding carboxylic acids is 2. The molecule has 0 saturated carbocycles. The highest BCUT2D eigenvalue weighted by atomic mass is 79.9. The molecule has 2 amide bonds. The van der Waals surface area contributed by atoms with Crippen molar-refractivity contribution in [1.82, 2.24) is 0 Å². The van der Waals surface area contributed by atoms with Crippen molar-refractivity contribution in [1.29, 1.82) is 0 Å². The number of hydrogen-bond donors (Lipinski definition) is 0. The topological polar surface area (TPSA) is 37.4 Å². The zero-order chi connectivity index (χ0) is 10.1. The van der Waals surface area contributed by atoms with Gasteiger partial charge in [0, 0.05) is 4.47 Å². The highest BCUT2D eigenvalue weighted by molar-refractivity contribution is 9.10. The molecule has 5 heteroatoms. The Hall–Kier alpha value is -0.810. The first-order chi connectivity index (χ1) is 6.68. The van der Waals surface area contributed by atoms with Crippen LogP contribution in [0.25, 0.3) is 0 Å². The van der Waals surface area contributed by atoms with E-state index in [0.717, 1.165) is 16.2 Å². The van der Waals surface area contributed by atoms with Gasteiger partial charge in [0.2, 0.25) is 5.91 Å². The quantitative estimate of drug-likeness (QED) is 0.788. The van der Waals surface area contributed by atoms with E-state index in [0.29, 0.717) is 5.69 Å². The minimum Gasteiger partial charge on any atom is -0.273 e. The van der Waals surface area contributed by atoms with Gasteiger partial charge in [-0.3, -0.25) is 9.59 Å². The van der Waals surface area contributed by atoms with Crippen LogP contribution >= 0.6 is 27.7 Å². The van der Waals surface area contributed by atoms with Gasteiger partial charge in [-0.2, -0.15) is 0 Å². The van der Waals surface area contributed by atoms with Crippen molar-refractivity contribution < 1.29 is 9.59 Å². The molecule has 3 nitrogen and oxygen atoms in total. The van der Waals surface area contributed by atoms with Gasteiger partial charge < -0.3 is 0 Å². The van der Waals surface area contributed by atoms with Crippen molar-refractivity contribution in [2.45, 2.75) is 0 Å². The zero-order valence-corrected chi connectivity index (χ0v) is 9.47. The Bertz CT molecular complexity index is 374. The number of thioether (sulfide) groups is 1. The third kappa shape index (κ3) is 1.69. The monoisotopic (exact) mass is 271 g/mol. The number of carbonyl (C=O) groups is 2. The molecule has 14 heavy (non-hydrogen) atoms. The third-order valence-electron chi connectivity index (χ3n) is 1.84. The zero-order valence-electron chi connectivity index (χ0n) is 7.07. The average molecular weight is 272 g/mol. The number of imide groups is 1. The molecule has 0 aliphatic carbocycles. The molecular weight excluding hydrogens is 266 g/mol. The summed E-state index contributed by atoms with van der Waals surface area (Å²) in [5.41, 5.74) is 0.633. The lowest BCUT2D eigenvalue weighted by atomic mass is 10.3. The molecule has 0 atom stereocenters. The van der Waals surface area contributed by atoms with Gasteiger partial charge in [0.15, 0.2) is 0 Å². The first kappa shape index (κ1) is 9.73. The Morgan fingerprint density at radius 3 is 2.36 bits per heavy atom. The number of halogens is 1. The molecule has 1 aliphatic heterocycles. The van der Waals surface area contributed by atoms with Gasteiger partial charge in [0.05, 0.1) is 11.4 Å². The Kier molecular flexibility index (Phi) is 2.60. The van der Waals surface area contributed by atoms with Gasteiger partial charge in [-0.25, -0.2) is 4.90 Å². The highest BCUT2D eigenvalue weighted by Crippen LogP contribution is 2.27. The van der Waals surface area contributed by atoms with E-state index in [-0.39, 0.29) is 16.9 Å². The van der Waals surface area contributed by atoms with Crippen LogP contribution in [0.3, 0.4) is 0 Å². The summed E-state index contributed by atoms with van der Waals surface area (Å²) in [6, 6.07) is 7.09. The second-order valence-corrected chi connectivity index (χ2v) is 4.60. The van der Waals surface area contributed by atoms with E-state index in [4.69, 9.17) is 0 Å². The smallest absolute Gasteiger partial charge is 0.273 e. The van der Waals surface area contributed by atoms with E-state index in [1.807, 2.05) is 0 Å². The summed E-state index contributed by atoms with van der Waals surface area (Å²) in [7, 11) is 0. The molecule has 1 saturated heterocycles. The van der Waals surface area contributed by atoms with Crippen LogP contribution < -0.4 is 4.90 Å². The van der Waals surface area contributed by atoms with E-state index in [1.165, 1.54) is 4.90 Å². The van der Waals surface area contributed by atoms with Gasteiger partial charge in [0.1, 0.15) is 0 Å². The summed E-state index contributed by atoms with van der Waals surface area (Å²) in [6.45, 7) is 0. The van der Waals surface area contributed by atoms with Gasteiger partial charge in [0.25, 0.3) is 5.24 Å². The molecule has 0 radical (unpaired) electrons. The lowest BCUT2D eigenvalue weighted by molar-refractivity contribution is -0.115. The van der Waals surface area contributed by atoms with Crippen molar-refractivity contribution in [3.63, 3.8) is 0 Å². The van der Waals surface area contributed by atoms with Crippen molar-refractivity contribution in [2.75, 3.05) is 10.7 Å². The predicted octanol–water partition coefficient (Wildman–Crippen LogP) is 2.65. The fourth-order valence-electron chi connectivity index (χ4n) is 1.19. The van der Waals surface area contributed by atoms with Crippen LogP contribution in [0.1, 0.15) is 0 Å². The summed E-state index contributed by atoms with van der Waals surface area (Å²) in [5, 5.41) is -0.197. The fraction of sp³-hybridized carbons (Fsp3) is 0.111. The number of hydrogen-bond acceptors (Lipinski definition) is 3. The van der Waals surface area contributed by atoms with Crippen LogP contribution in [-0.4, -0.2) is 16.9 Å². The lowest BCUT2D eigenvalue weighted by Crippen LogP contribution is -2.27. The van der Waals surface area contributed by atoms with Crippen molar-refractivity contribution in [3.8, 4) is 0 Å². The molecule has 1 aromatic rings. The minimum absolute atomic E-state index is 0.151. The largest absolute Gasteiger partial charge is 0.293 e. The Morgan fingerprint density at radius 2 is 1.86 bits per heavy atom.